The first kappa shape index (κ1) is 20.7. The summed E-state index contributed by atoms with van der Waals surface area (Å²) in [7, 11) is 1.69. The number of methoxy groups -OCH3 is 1. The Morgan fingerprint density at radius 2 is 1.97 bits per heavy atom. The summed E-state index contributed by atoms with van der Waals surface area (Å²) in [6.45, 7) is 5.11. The molecule has 3 heterocycles. The number of anilines is 1. The quantitative estimate of drug-likeness (QED) is 0.377. The summed E-state index contributed by atoms with van der Waals surface area (Å²) in [6.07, 6.45) is 5.84. The molecule has 2 aromatic carbocycles. The number of hydrogen-bond acceptors (Lipinski definition) is 5. The van der Waals surface area contributed by atoms with E-state index < -0.39 is 0 Å². The molecule has 1 atom stereocenters. The molecule has 2 aromatic heterocycles. The Morgan fingerprint density at radius 3 is 2.69 bits per heavy atom. The monoisotopic (exact) mass is 448 g/mol. The van der Waals surface area contributed by atoms with Gasteiger partial charge in [0.15, 0.2) is 0 Å². The molecule has 1 aliphatic heterocycles. The first-order chi connectivity index (χ1) is 15.5. The van der Waals surface area contributed by atoms with Crippen LogP contribution in [0.2, 0.25) is 0 Å². The minimum atomic E-state index is -0.205. The number of imidazole rings is 1. The fraction of sp³-hybridized carbons (Fsp3) is 0.280. The van der Waals surface area contributed by atoms with Gasteiger partial charge in [-0.15, -0.1) is 0 Å². The average Bonchev–Trinajstić information content (AvgIpc) is 3.45. The van der Waals surface area contributed by atoms with Crippen molar-refractivity contribution in [3.8, 4) is 22.7 Å². The normalized spacial score (nSPS) is 14.3. The summed E-state index contributed by atoms with van der Waals surface area (Å²) >= 11 is 1.54. The van der Waals surface area contributed by atoms with Crippen LogP contribution in [0.1, 0.15) is 36.2 Å². The van der Waals surface area contributed by atoms with Gasteiger partial charge in [0.1, 0.15) is 16.6 Å². The van der Waals surface area contributed by atoms with E-state index in [9.17, 15) is 4.39 Å². The van der Waals surface area contributed by atoms with Crippen LogP contribution in [-0.2, 0) is 6.42 Å². The number of nitrogens with zero attached hydrogens (tertiary/aromatic N) is 4. The molecule has 1 unspecified atom stereocenters. The second-order valence-electron chi connectivity index (χ2n) is 8.15. The van der Waals surface area contributed by atoms with Gasteiger partial charge in [0, 0.05) is 23.9 Å². The number of aromatic nitrogens is 3. The van der Waals surface area contributed by atoms with E-state index in [-0.39, 0.29) is 11.9 Å². The maximum Gasteiger partial charge on any atom is 0.143 e. The molecule has 5 rings (SSSR count). The summed E-state index contributed by atoms with van der Waals surface area (Å²) in [4.78, 5) is 6.72. The van der Waals surface area contributed by atoms with Gasteiger partial charge in [-0.05, 0) is 68.1 Å². The zero-order valence-corrected chi connectivity index (χ0v) is 19.2. The third-order valence-electron chi connectivity index (χ3n) is 6.12. The van der Waals surface area contributed by atoms with Crippen LogP contribution in [0.15, 0.2) is 55.0 Å². The first-order valence-corrected chi connectivity index (χ1v) is 11.5. The van der Waals surface area contributed by atoms with Crippen molar-refractivity contribution in [3.63, 3.8) is 0 Å². The molecule has 0 fully saturated rings. The molecular weight excluding hydrogens is 423 g/mol. The molecule has 32 heavy (non-hydrogen) atoms. The van der Waals surface area contributed by atoms with Crippen molar-refractivity contribution >= 4 is 16.5 Å². The number of benzene rings is 2. The molecule has 7 heteroatoms. The fourth-order valence-corrected chi connectivity index (χ4v) is 5.44. The van der Waals surface area contributed by atoms with Crippen molar-refractivity contribution in [3.05, 3.63) is 77.6 Å². The van der Waals surface area contributed by atoms with Gasteiger partial charge in [-0.2, -0.15) is 4.37 Å². The van der Waals surface area contributed by atoms with Crippen LogP contribution in [-0.4, -0.2) is 27.6 Å². The van der Waals surface area contributed by atoms with E-state index in [1.807, 2.05) is 29.8 Å². The van der Waals surface area contributed by atoms with Crippen molar-refractivity contribution < 1.29 is 9.13 Å². The summed E-state index contributed by atoms with van der Waals surface area (Å²) in [5, 5.41) is 1.20. The lowest BCUT2D eigenvalue weighted by Crippen LogP contribution is -2.31. The van der Waals surface area contributed by atoms with Crippen molar-refractivity contribution in [1.82, 2.24) is 13.9 Å². The zero-order valence-electron chi connectivity index (χ0n) is 18.4. The van der Waals surface area contributed by atoms with E-state index in [1.54, 1.807) is 25.0 Å². The van der Waals surface area contributed by atoms with Crippen molar-refractivity contribution in [2.45, 2.75) is 32.7 Å². The van der Waals surface area contributed by atoms with Gasteiger partial charge in [0.2, 0.25) is 0 Å². The molecule has 0 amide bonds. The molecule has 164 valence electrons. The molecule has 0 radical (unpaired) electrons. The lowest BCUT2D eigenvalue weighted by Gasteiger charge is -2.34. The van der Waals surface area contributed by atoms with Gasteiger partial charge in [-0.1, -0.05) is 18.2 Å². The van der Waals surface area contributed by atoms with Gasteiger partial charge < -0.3 is 14.2 Å². The van der Waals surface area contributed by atoms with Crippen molar-refractivity contribution in [2.75, 3.05) is 18.6 Å². The van der Waals surface area contributed by atoms with E-state index in [2.05, 4.69) is 35.0 Å². The van der Waals surface area contributed by atoms with Gasteiger partial charge in [0.05, 0.1) is 36.6 Å². The number of hydrogen-bond donors (Lipinski definition) is 0. The third kappa shape index (κ3) is 3.66. The minimum Gasteiger partial charge on any atom is -0.495 e. The maximum absolute atomic E-state index is 13.4. The van der Waals surface area contributed by atoms with Gasteiger partial charge in [-0.25, -0.2) is 9.37 Å². The van der Waals surface area contributed by atoms with E-state index in [0.717, 1.165) is 53.3 Å². The number of halogens is 1. The highest BCUT2D eigenvalue weighted by Gasteiger charge is 2.28. The van der Waals surface area contributed by atoms with Crippen LogP contribution < -0.4 is 9.64 Å². The molecule has 4 aromatic rings. The summed E-state index contributed by atoms with van der Waals surface area (Å²) in [5.74, 6) is 0.581. The molecule has 1 aliphatic rings. The van der Waals surface area contributed by atoms with Gasteiger partial charge in [0.25, 0.3) is 0 Å². The maximum atomic E-state index is 13.4. The van der Waals surface area contributed by atoms with Crippen molar-refractivity contribution in [2.24, 2.45) is 0 Å². The predicted molar refractivity (Wildman–Crippen MR) is 126 cm³/mol. The molecule has 0 saturated heterocycles. The Balaban J connectivity index is 1.49. The van der Waals surface area contributed by atoms with E-state index in [1.165, 1.54) is 22.7 Å². The Kier molecular flexibility index (Phi) is 5.43. The Labute approximate surface area is 191 Å². The SMILES string of the molecule is COc1cc(-c2nsc3c2CCCN3C(C)c2ccc(F)cc2)ccc1-n1cnc(C)c1. The molecule has 0 bridgehead atoms. The van der Waals surface area contributed by atoms with Crippen LogP contribution in [0.4, 0.5) is 9.39 Å². The molecule has 5 nitrogen and oxygen atoms in total. The molecule has 0 N–H and O–H groups in total. The van der Waals surface area contributed by atoms with Gasteiger partial charge in [-0.3, -0.25) is 0 Å². The van der Waals surface area contributed by atoms with Crippen LogP contribution in [0.5, 0.6) is 5.75 Å². The van der Waals surface area contributed by atoms with Gasteiger partial charge >= 0.3 is 0 Å². The summed E-state index contributed by atoms with van der Waals surface area (Å²) < 4.78 is 25.9. The van der Waals surface area contributed by atoms with E-state index in [4.69, 9.17) is 9.11 Å². The Bertz CT molecular complexity index is 1250. The third-order valence-corrected chi connectivity index (χ3v) is 7.04. The molecule has 0 spiro atoms. The first-order valence-electron chi connectivity index (χ1n) is 10.7. The topological polar surface area (TPSA) is 43.2 Å². The highest BCUT2D eigenvalue weighted by molar-refractivity contribution is 7.10. The average molecular weight is 449 g/mol. The molecule has 0 saturated carbocycles. The molecular formula is C25H25FN4OS. The second kappa shape index (κ2) is 8.39. The largest absolute Gasteiger partial charge is 0.495 e. The molecule has 0 aliphatic carbocycles. The standard InChI is InChI=1S/C25H25FN4OS/c1-16-14-29(15-27-16)22-11-8-19(13-23(22)31-3)24-21-5-4-12-30(25(21)32-28-24)17(2)18-6-9-20(26)10-7-18/h6-11,13-15,17H,4-5,12H2,1-3H3. The minimum absolute atomic E-state index is 0.157. The number of rotatable bonds is 5. The number of fused-ring (bicyclic) bond motifs is 1. The lowest BCUT2D eigenvalue weighted by atomic mass is 9.98. The number of ether oxygens (including phenoxy) is 1. The Morgan fingerprint density at radius 1 is 1.16 bits per heavy atom. The zero-order chi connectivity index (χ0) is 22.2. The predicted octanol–water partition coefficient (Wildman–Crippen LogP) is 5.97. The fourth-order valence-electron chi connectivity index (χ4n) is 4.39. The van der Waals surface area contributed by atoms with E-state index >= 15 is 0 Å². The highest BCUT2D eigenvalue weighted by Crippen LogP contribution is 2.43. The number of aryl methyl sites for hydroxylation is 1. The van der Waals surface area contributed by atoms with Crippen molar-refractivity contribution in [1.29, 1.82) is 0 Å². The second-order valence-corrected chi connectivity index (χ2v) is 8.90. The van der Waals surface area contributed by atoms with Crippen LogP contribution in [0, 0.1) is 12.7 Å². The highest BCUT2D eigenvalue weighted by atomic mass is 32.1. The van der Waals surface area contributed by atoms with Crippen LogP contribution in [0.25, 0.3) is 16.9 Å². The van der Waals surface area contributed by atoms with E-state index in [0.29, 0.717) is 0 Å². The van der Waals surface area contributed by atoms with Crippen LogP contribution in [0.3, 0.4) is 0 Å². The summed E-state index contributed by atoms with van der Waals surface area (Å²) in [6, 6.07) is 13.2. The lowest BCUT2D eigenvalue weighted by molar-refractivity contribution is 0.413. The van der Waals surface area contributed by atoms with Crippen LogP contribution >= 0.6 is 11.5 Å². The smallest absolute Gasteiger partial charge is 0.143 e. The summed E-state index contributed by atoms with van der Waals surface area (Å²) in [5.41, 5.74) is 6.37. The Hall–Kier alpha value is -3.19.